The lowest BCUT2D eigenvalue weighted by molar-refractivity contribution is -0.274. The average molecular weight is 472 g/mol. The molecule has 0 aliphatic rings. The first-order chi connectivity index (χ1) is 12.3. The fourth-order valence-electron chi connectivity index (χ4n) is 2.30. The monoisotopic (exact) mass is 472 g/mol. The number of ether oxygens (including phenoxy) is 2. The standard InChI is InChI=1S/C19H12F3IO3/c20-19(21,22)26-15-8-4-12(5-9-15)16-2-1-3-17(18(16)24)25-14-10-6-13(23)7-11-14/h1-11,24H. The van der Waals surface area contributed by atoms with Crippen LogP contribution in [0.15, 0.2) is 66.7 Å². The summed E-state index contributed by atoms with van der Waals surface area (Å²) in [7, 11) is 0. The molecule has 3 rings (SSSR count). The SMILES string of the molecule is Oc1c(Oc2ccc(I)cc2)cccc1-c1ccc(OC(F)(F)F)cc1. The van der Waals surface area contributed by atoms with E-state index in [4.69, 9.17) is 4.74 Å². The molecule has 7 heteroatoms. The third-order valence-electron chi connectivity index (χ3n) is 3.44. The van der Waals surface area contributed by atoms with Crippen molar-refractivity contribution in [2.75, 3.05) is 0 Å². The van der Waals surface area contributed by atoms with E-state index >= 15 is 0 Å². The molecule has 1 N–H and O–H groups in total. The first kappa shape index (κ1) is 18.4. The van der Waals surface area contributed by atoms with E-state index in [2.05, 4.69) is 27.3 Å². The van der Waals surface area contributed by atoms with Gasteiger partial charge in [-0.05, 0) is 70.6 Å². The van der Waals surface area contributed by atoms with E-state index in [1.165, 1.54) is 24.3 Å². The third kappa shape index (κ3) is 4.60. The molecule has 0 fully saturated rings. The lowest BCUT2D eigenvalue weighted by Crippen LogP contribution is -2.16. The van der Waals surface area contributed by atoms with Gasteiger partial charge >= 0.3 is 6.36 Å². The third-order valence-corrected chi connectivity index (χ3v) is 4.16. The first-order valence-corrected chi connectivity index (χ1v) is 8.51. The molecule has 3 nitrogen and oxygen atoms in total. The summed E-state index contributed by atoms with van der Waals surface area (Å²) in [6.45, 7) is 0. The Morgan fingerprint density at radius 3 is 2.04 bits per heavy atom. The highest BCUT2D eigenvalue weighted by Gasteiger charge is 2.31. The van der Waals surface area contributed by atoms with Crippen LogP contribution in [0.4, 0.5) is 13.2 Å². The van der Waals surface area contributed by atoms with Gasteiger partial charge in [0.1, 0.15) is 11.5 Å². The Hall–Kier alpha value is -2.42. The van der Waals surface area contributed by atoms with Crippen LogP contribution in [0.25, 0.3) is 11.1 Å². The zero-order valence-electron chi connectivity index (χ0n) is 13.1. The highest BCUT2D eigenvalue weighted by Crippen LogP contribution is 2.39. The van der Waals surface area contributed by atoms with Crippen molar-refractivity contribution in [3.63, 3.8) is 0 Å². The number of halogens is 4. The van der Waals surface area contributed by atoms with Crippen molar-refractivity contribution in [2.45, 2.75) is 6.36 Å². The predicted octanol–water partition coefficient (Wildman–Crippen LogP) is 6.35. The van der Waals surface area contributed by atoms with Gasteiger partial charge in [0.2, 0.25) is 0 Å². The number of alkyl halides is 3. The second kappa shape index (κ2) is 7.45. The van der Waals surface area contributed by atoms with Gasteiger partial charge in [0.25, 0.3) is 0 Å². The lowest BCUT2D eigenvalue weighted by atomic mass is 10.0. The minimum Gasteiger partial charge on any atom is -0.504 e. The van der Waals surface area contributed by atoms with E-state index in [0.717, 1.165) is 3.57 Å². The van der Waals surface area contributed by atoms with Crippen LogP contribution in [0.2, 0.25) is 0 Å². The molecule has 3 aromatic carbocycles. The molecule has 26 heavy (non-hydrogen) atoms. The maximum absolute atomic E-state index is 12.2. The van der Waals surface area contributed by atoms with E-state index in [1.807, 2.05) is 12.1 Å². The van der Waals surface area contributed by atoms with Gasteiger partial charge in [0.15, 0.2) is 11.5 Å². The van der Waals surface area contributed by atoms with Crippen molar-refractivity contribution in [2.24, 2.45) is 0 Å². The predicted molar refractivity (Wildman–Crippen MR) is 99.5 cm³/mol. The fraction of sp³-hybridized carbons (Fsp3) is 0.0526. The molecule has 3 aromatic rings. The second-order valence-electron chi connectivity index (χ2n) is 5.28. The summed E-state index contributed by atoms with van der Waals surface area (Å²) < 4.78 is 47.3. The molecule has 0 amide bonds. The zero-order valence-corrected chi connectivity index (χ0v) is 15.3. The van der Waals surface area contributed by atoms with Crippen LogP contribution in [0.1, 0.15) is 0 Å². The van der Waals surface area contributed by atoms with Crippen molar-refractivity contribution < 1.29 is 27.8 Å². The number of hydrogen-bond donors (Lipinski definition) is 1. The number of rotatable bonds is 4. The minimum atomic E-state index is -4.75. The minimum absolute atomic E-state index is 0.101. The highest BCUT2D eigenvalue weighted by molar-refractivity contribution is 14.1. The van der Waals surface area contributed by atoms with Crippen LogP contribution >= 0.6 is 22.6 Å². The molecule has 0 bridgehead atoms. The van der Waals surface area contributed by atoms with Gasteiger partial charge in [-0.3, -0.25) is 0 Å². The average Bonchev–Trinajstić information content (AvgIpc) is 2.58. The van der Waals surface area contributed by atoms with Crippen molar-refractivity contribution in [1.29, 1.82) is 0 Å². The Bertz CT molecular complexity index is 891. The number of aromatic hydroxyl groups is 1. The topological polar surface area (TPSA) is 38.7 Å². The normalized spacial score (nSPS) is 11.2. The van der Waals surface area contributed by atoms with E-state index in [1.54, 1.807) is 30.3 Å². The van der Waals surface area contributed by atoms with Gasteiger partial charge in [-0.25, -0.2) is 0 Å². The number of phenols is 1. The van der Waals surface area contributed by atoms with Crippen LogP contribution in [0, 0.1) is 3.57 Å². The van der Waals surface area contributed by atoms with Crippen LogP contribution in [-0.2, 0) is 0 Å². The summed E-state index contributed by atoms with van der Waals surface area (Å²) in [6.07, 6.45) is -4.75. The van der Waals surface area contributed by atoms with Gasteiger partial charge in [-0.2, -0.15) is 0 Å². The van der Waals surface area contributed by atoms with E-state index < -0.39 is 6.36 Å². The molecule has 0 radical (unpaired) electrons. The van der Waals surface area contributed by atoms with Crippen molar-refractivity contribution in [1.82, 2.24) is 0 Å². The molecule has 0 heterocycles. The fourth-order valence-corrected chi connectivity index (χ4v) is 2.66. The zero-order chi connectivity index (χ0) is 18.7. The molecule has 134 valence electrons. The molecular weight excluding hydrogens is 460 g/mol. The van der Waals surface area contributed by atoms with Crippen LogP contribution < -0.4 is 9.47 Å². The molecule has 0 atom stereocenters. The Labute approximate surface area is 161 Å². The number of phenolic OH excluding ortho intramolecular Hbond substituents is 1. The van der Waals surface area contributed by atoms with Crippen molar-refractivity contribution in [3.8, 4) is 34.1 Å². The summed E-state index contributed by atoms with van der Waals surface area (Å²) in [5.74, 6) is 0.383. The van der Waals surface area contributed by atoms with Crippen LogP contribution in [0.3, 0.4) is 0 Å². The van der Waals surface area contributed by atoms with Gasteiger partial charge < -0.3 is 14.6 Å². The summed E-state index contributed by atoms with van der Waals surface area (Å²) in [5, 5.41) is 10.5. The Balaban J connectivity index is 1.85. The number of hydrogen-bond acceptors (Lipinski definition) is 3. The maximum Gasteiger partial charge on any atom is 0.573 e. The maximum atomic E-state index is 12.2. The van der Waals surface area contributed by atoms with E-state index in [0.29, 0.717) is 16.9 Å². The Morgan fingerprint density at radius 1 is 0.808 bits per heavy atom. The van der Waals surface area contributed by atoms with Crippen molar-refractivity contribution in [3.05, 3.63) is 70.3 Å². The lowest BCUT2D eigenvalue weighted by Gasteiger charge is -2.12. The van der Waals surface area contributed by atoms with Gasteiger partial charge in [0.05, 0.1) is 0 Å². The summed E-state index contributed by atoms with van der Waals surface area (Å²) in [6, 6.07) is 17.5. The van der Waals surface area contributed by atoms with Gasteiger partial charge in [-0.15, -0.1) is 13.2 Å². The van der Waals surface area contributed by atoms with Crippen LogP contribution in [-0.4, -0.2) is 11.5 Å². The molecule has 0 aliphatic carbocycles. The Kier molecular flexibility index (Phi) is 5.26. The van der Waals surface area contributed by atoms with Crippen molar-refractivity contribution >= 4 is 22.6 Å². The Morgan fingerprint density at radius 2 is 1.42 bits per heavy atom. The molecule has 0 spiro atoms. The summed E-state index contributed by atoms with van der Waals surface area (Å²) >= 11 is 2.17. The molecule has 0 saturated carbocycles. The smallest absolute Gasteiger partial charge is 0.504 e. The van der Waals surface area contributed by atoms with E-state index in [-0.39, 0.29) is 17.2 Å². The van der Waals surface area contributed by atoms with Gasteiger partial charge in [-0.1, -0.05) is 24.3 Å². The van der Waals surface area contributed by atoms with E-state index in [9.17, 15) is 18.3 Å². The summed E-state index contributed by atoms with van der Waals surface area (Å²) in [4.78, 5) is 0. The largest absolute Gasteiger partial charge is 0.573 e. The van der Waals surface area contributed by atoms with Gasteiger partial charge in [0, 0.05) is 9.13 Å². The highest BCUT2D eigenvalue weighted by atomic mass is 127. The second-order valence-corrected chi connectivity index (χ2v) is 6.53. The summed E-state index contributed by atoms with van der Waals surface area (Å²) in [5.41, 5.74) is 0.969. The molecule has 0 aliphatic heterocycles. The quantitative estimate of drug-likeness (QED) is 0.450. The number of benzene rings is 3. The molecule has 0 aromatic heterocycles. The molecule has 0 saturated heterocycles. The molecule has 0 unspecified atom stereocenters. The van der Waals surface area contributed by atoms with Crippen LogP contribution in [0.5, 0.6) is 23.0 Å². The molecular formula is C19H12F3IO3. The number of para-hydroxylation sites is 1. The first-order valence-electron chi connectivity index (χ1n) is 7.43.